The highest BCUT2D eigenvalue weighted by Gasteiger charge is 2.02. The third-order valence-corrected chi connectivity index (χ3v) is 2.03. The van der Waals surface area contributed by atoms with E-state index in [9.17, 15) is 0 Å². The van der Waals surface area contributed by atoms with Crippen molar-refractivity contribution in [1.29, 1.82) is 0 Å². The van der Waals surface area contributed by atoms with Crippen molar-refractivity contribution in [2.24, 2.45) is 0 Å². The number of nitrogens with zero attached hydrogens (tertiary/aromatic N) is 3. The minimum Gasteiger partial charge on any atom is -0.358 e. The Morgan fingerprint density at radius 3 is 3.08 bits per heavy atom. The van der Waals surface area contributed by atoms with E-state index in [1.54, 1.807) is 24.8 Å². The number of pyridine rings is 1. The lowest BCUT2D eigenvalue weighted by molar-refractivity contribution is 1.26. The van der Waals surface area contributed by atoms with Crippen LogP contribution in [-0.2, 0) is 0 Å². The molecule has 0 aliphatic heterocycles. The van der Waals surface area contributed by atoms with E-state index < -0.39 is 0 Å². The van der Waals surface area contributed by atoms with E-state index in [0.29, 0.717) is 0 Å². The molecule has 3 heterocycles. The van der Waals surface area contributed by atoms with Gasteiger partial charge in [0.2, 0.25) is 0 Å². The highest BCUT2D eigenvalue weighted by molar-refractivity contribution is 5.99. The summed E-state index contributed by atoms with van der Waals surface area (Å²) in [5.74, 6) is 0. The third kappa shape index (κ3) is 0.823. The van der Waals surface area contributed by atoms with Gasteiger partial charge < -0.3 is 4.98 Å². The van der Waals surface area contributed by atoms with E-state index in [2.05, 4.69) is 19.9 Å². The van der Waals surface area contributed by atoms with Gasteiger partial charge in [0.1, 0.15) is 5.52 Å². The molecule has 0 spiro atoms. The fraction of sp³-hybridized carbons (Fsp3) is 0. The van der Waals surface area contributed by atoms with Gasteiger partial charge >= 0.3 is 0 Å². The molecule has 0 fully saturated rings. The van der Waals surface area contributed by atoms with Crippen molar-refractivity contribution in [3.05, 3.63) is 30.9 Å². The second kappa shape index (κ2) is 2.26. The van der Waals surface area contributed by atoms with Gasteiger partial charge in [-0.25, -0.2) is 9.97 Å². The van der Waals surface area contributed by atoms with Crippen LogP contribution in [0.1, 0.15) is 0 Å². The van der Waals surface area contributed by atoms with Crippen LogP contribution in [-0.4, -0.2) is 19.9 Å². The van der Waals surface area contributed by atoms with Crippen LogP contribution in [0.25, 0.3) is 22.1 Å². The topological polar surface area (TPSA) is 54.5 Å². The molecular formula is C9H6N4. The number of H-pyrrole nitrogens is 1. The van der Waals surface area contributed by atoms with Crippen LogP contribution in [0.4, 0.5) is 0 Å². The van der Waals surface area contributed by atoms with Crippen molar-refractivity contribution in [3.8, 4) is 0 Å². The van der Waals surface area contributed by atoms with Crippen LogP contribution >= 0.6 is 0 Å². The fourth-order valence-corrected chi connectivity index (χ4v) is 1.44. The smallest absolute Gasteiger partial charge is 0.161 e. The van der Waals surface area contributed by atoms with Gasteiger partial charge in [-0.15, -0.1) is 0 Å². The molecule has 4 heteroatoms. The first-order valence-electron chi connectivity index (χ1n) is 3.98. The Hall–Kier alpha value is -1.97. The summed E-state index contributed by atoms with van der Waals surface area (Å²) in [7, 11) is 0. The second-order valence-corrected chi connectivity index (χ2v) is 2.79. The maximum Gasteiger partial charge on any atom is 0.161 e. The predicted molar refractivity (Wildman–Crippen MR) is 49.2 cm³/mol. The molecule has 0 saturated carbocycles. The van der Waals surface area contributed by atoms with Gasteiger partial charge in [0.15, 0.2) is 5.65 Å². The molecule has 0 saturated heterocycles. The average molecular weight is 170 g/mol. The molecule has 0 atom stereocenters. The van der Waals surface area contributed by atoms with E-state index >= 15 is 0 Å². The molecule has 0 aliphatic carbocycles. The summed E-state index contributed by atoms with van der Waals surface area (Å²) in [5, 5.41) is 1.02. The van der Waals surface area contributed by atoms with E-state index in [-0.39, 0.29) is 0 Å². The van der Waals surface area contributed by atoms with Gasteiger partial charge in [-0.05, 0) is 6.07 Å². The number of fused-ring (bicyclic) bond motifs is 3. The summed E-state index contributed by atoms with van der Waals surface area (Å²) in [6.07, 6.45) is 6.99. The molecule has 0 aliphatic rings. The summed E-state index contributed by atoms with van der Waals surface area (Å²) in [6.45, 7) is 0. The highest BCUT2D eigenvalue weighted by Crippen LogP contribution is 2.17. The normalized spacial score (nSPS) is 11.1. The van der Waals surface area contributed by atoms with Crippen LogP contribution in [0.15, 0.2) is 30.9 Å². The molecule has 3 aromatic rings. The molecule has 3 rings (SSSR count). The van der Waals surface area contributed by atoms with E-state index in [4.69, 9.17) is 0 Å². The maximum atomic E-state index is 4.19. The first-order chi connectivity index (χ1) is 6.45. The van der Waals surface area contributed by atoms with Gasteiger partial charge in [-0.3, -0.25) is 4.98 Å². The number of aromatic amines is 1. The van der Waals surface area contributed by atoms with Crippen LogP contribution in [0, 0.1) is 0 Å². The number of nitrogens with one attached hydrogen (secondary N) is 1. The zero-order valence-corrected chi connectivity index (χ0v) is 6.73. The van der Waals surface area contributed by atoms with Crippen molar-refractivity contribution in [2.75, 3.05) is 0 Å². The molecule has 0 aromatic carbocycles. The molecule has 1 N–H and O–H groups in total. The fourth-order valence-electron chi connectivity index (χ4n) is 1.44. The Balaban J connectivity index is 2.65. The summed E-state index contributed by atoms with van der Waals surface area (Å²) < 4.78 is 0. The predicted octanol–water partition coefficient (Wildman–Crippen LogP) is 1.51. The van der Waals surface area contributed by atoms with Crippen molar-refractivity contribution < 1.29 is 0 Å². The number of aromatic nitrogens is 4. The molecule has 4 nitrogen and oxygen atoms in total. The minimum atomic E-state index is 0.761. The van der Waals surface area contributed by atoms with Crippen molar-refractivity contribution >= 4 is 22.1 Å². The number of hydrogen-bond donors (Lipinski definition) is 1. The molecule has 0 amide bonds. The van der Waals surface area contributed by atoms with E-state index in [1.165, 1.54) is 0 Å². The van der Waals surface area contributed by atoms with Crippen LogP contribution < -0.4 is 0 Å². The molecular weight excluding hydrogens is 164 g/mol. The molecule has 62 valence electrons. The average Bonchev–Trinajstić information content (AvgIpc) is 2.65. The Morgan fingerprint density at radius 1 is 1.08 bits per heavy atom. The van der Waals surface area contributed by atoms with Gasteiger partial charge in [0, 0.05) is 24.0 Å². The Morgan fingerprint density at radius 2 is 2.08 bits per heavy atom. The van der Waals surface area contributed by atoms with Crippen molar-refractivity contribution in [2.45, 2.75) is 0 Å². The Bertz CT molecular complexity index is 570. The summed E-state index contributed by atoms with van der Waals surface area (Å²) in [5.41, 5.74) is 2.62. The lowest BCUT2D eigenvalue weighted by Crippen LogP contribution is -1.84. The standard InChI is InChI=1S/C9H6N4/c1-2-12-9-6(1)8-7(5-13-9)10-3-4-11-8/h1-5,11H. The second-order valence-electron chi connectivity index (χ2n) is 2.79. The lowest BCUT2D eigenvalue weighted by atomic mass is 10.3. The number of rotatable bonds is 0. The zero-order valence-electron chi connectivity index (χ0n) is 6.73. The molecule has 13 heavy (non-hydrogen) atoms. The quantitative estimate of drug-likeness (QED) is 0.556. The van der Waals surface area contributed by atoms with Crippen LogP contribution in [0.5, 0.6) is 0 Å². The Labute approximate surface area is 73.7 Å². The van der Waals surface area contributed by atoms with E-state index in [0.717, 1.165) is 22.1 Å². The van der Waals surface area contributed by atoms with E-state index in [1.807, 2.05) is 6.07 Å². The van der Waals surface area contributed by atoms with Gasteiger partial charge in [0.05, 0.1) is 11.7 Å². The zero-order chi connectivity index (χ0) is 8.67. The van der Waals surface area contributed by atoms with Crippen molar-refractivity contribution in [3.63, 3.8) is 0 Å². The highest BCUT2D eigenvalue weighted by atomic mass is 14.9. The number of hydrogen-bond acceptors (Lipinski definition) is 3. The van der Waals surface area contributed by atoms with Crippen LogP contribution in [0.2, 0.25) is 0 Å². The molecule has 0 unspecified atom stereocenters. The first-order valence-corrected chi connectivity index (χ1v) is 3.98. The largest absolute Gasteiger partial charge is 0.358 e. The molecule has 0 bridgehead atoms. The lowest BCUT2D eigenvalue weighted by Gasteiger charge is -1.96. The summed E-state index contributed by atoms with van der Waals surface area (Å²) in [6, 6.07) is 1.93. The third-order valence-electron chi connectivity index (χ3n) is 2.03. The Kier molecular flexibility index (Phi) is 1.14. The maximum absolute atomic E-state index is 4.19. The van der Waals surface area contributed by atoms with Gasteiger partial charge in [0.25, 0.3) is 0 Å². The van der Waals surface area contributed by atoms with Crippen molar-refractivity contribution in [1.82, 2.24) is 19.9 Å². The van der Waals surface area contributed by atoms with Gasteiger partial charge in [-0.1, -0.05) is 0 Å². The SMILES string of the molecule is c1c[nH]c2c(cnc3nccc32)n1. The molecule has 0 radical (unpaired) electrons. The first kappa shape index (κ1) is 6.54. The monoisotopic (exact) mass is 170 g/mol. The minimum absolute atomic E-state index is 0.761. The molecule has 3 aromatic heterocycles. The van der Waals surface area contributed by atoms with Gasteiger partial charge in [-0.2, -0.15) is 0 Å². The summed E-state index contributed by atoms with van der Waals surface area (Å²) in [4.78, 5) is 15.6. The summed E-state index contributed by atoms with van der Waals surface area (Å²) >= 11 is 0. The van der Waals surface area contributed by atoms with Crippen LogP contribution in [0.3, 0.4) is 0 Å².